The fraction of sp³-hybridized carbons (Fsp3) is 0. The molecule has 0 bridgehead atoms. The van der Waals surface area contributed by atoms with Crippen LogP contribution in [0.25, 0.3) is 0 Å². The van der Waals surface area contributed by atoms with Crippen LogP contribution < -0.4 is 0 Å². The van der Waals surface area contributed by atoms with E-state index in [0.29, 0.717) is 0 Å². The fourth-order valence-electron chi connectivity index (χ4n) is 1.67. The third-order valence-electron chi connectivity index (χ3n) is 2.94. The molecule has 0 spiro atoms. The van der Waals surface area contributed by atoms with Crippen LogP contribution in [0.4, 0.5) is 30.9 Å². The van der Waals surface area contributed by atoms with Crippen LogP contribution in [0.3, 0.4) is 0 Å². The van der Waals surface area contributed by atoms with Crippen molar-refractivity contribution in [3.63, 3.8) is 0 Å². The SMILES string of the molecule is Fc1ccc(S(F)(F)F)cc1.Fc1ccc(SSc2ccc(F)cc2)cc1.[F][Ag][F]. The van der Waals surface area contributed by atoms with E-state index in [2.05, 4.69) is 0 Å². The van der Waals surface area contributed by atoms with Gasteiger partial charge in [0, 0.05) is 9.79 Å². The van der Waals surface area contributed by atoms with Crippen LogP contribution in [0.15, 0.2) is 87.5 Å². The molecule has 0 heterocycles. The summed E-state index contributed by atoms with van der Waals surface area (Å²) in [5, 5.41) is 0. The second-order valence-electron chi connectivity index (χ2n) is 4.98. The Balaban J connectivity index is 0.000000280. The van der Waals surface area contributed by atoms with E-state index in [0.717, 1.165) is 34.1 Å². The van der Waals surface area contributed by atoms with E-state index in [1.807, 2.05) is 0 Å². The van der Waals surface area contributed by atoms with E-state index < -0.39 is 42.7 Å². The summed E-state index contributed by atoms with van der Waals surface area (Å²) in [6.07, 6.45) is 0. The molecule has 0 saturated heterocycles. The van der Waals surface area contributed by atoms with Crippen molar-refractivity contribution in [2.75, 3.05) is 0 Å². The van der Waals surface area contributed by atoms with Crippen LogP contribution in [-0.4, -0.2) is 0 Å². The summed E-state index contributed by atoms with van der Waals surface area (Å²) >= 11 is -7.12. The summed E-state index contributed by atoms with van der Waals surface area (Å²) < 4.78 is 92.3. The number of rotatable bonds is 4. The van der Waals surface area contributed by atoms with Crippen molar-refractivity contribution < 1.29 is 51.7 Å². The molecule has 0 aliphatic carbocycles. The third kappa shape index (κ3) is 11.3. The van der Waals surface area contributed by atoms with Crippen LogP contribution in [0.5, 0.6) is 0 Å². The van der Waals surface area contributed by atoms with Crippen LogP contribution >= 0.6 is 32.8 Å². The van der Waals surface area contributed by atoms with E-state index in [4.69, 9.17) is 0 Å². The molecule has 3 rings (SSSR count). The zero-order valence-electron chi connectivity index (χ0n) is 14.5. The molecule has 0 atom stereocenters. The Morgan fingerprint density at radius 3 is 1.07 bits per heavy atom. The van der Waals surface area contributed by atoms with Crippen LogP contribution in [0, 0.1) is 17.5 Å². The Kier molecular flexibility index (Phi) is 12.6. The van der Waals surface area contributed by atoms with Gasteiger partial charge in [0.05, 0.1) is 4.90 Å². The summed E-state index contributed by atoms with van der Waals surface area (Å²) in [6.45, 7) is 0. The van der Waals surface area contributed by atoms with Gasteiger partial charge >= 0.3 is 26.9 Å². The van der Waals surface area contributed by atoms with Gasteiger partial charge in [-0.05, 0) is 72.8 Å². The number of hydrogen-bond acceptors (Lipinski definition) is 2. The zero-order valence-corrected chi connectivity index (χ0v) is 18.4. The van der Waals surface area contributed by atoms with Gasteiger partial charge in [0.25, 0.3) is 0 Å². The second kappa shape index (κ2) is 14.0. The van der Waals surface area contributed by atoms with E-state index in [9.17, 15) is 30.9 Å². The molecule has 0 amide bonds. The molecule has 0 N–H and O–H groups in total. The Hall–Kier alpha value is -1.11. The van der Waals surface area contributed by atoms with E-state index in [1.54, 1.807) is 24.3 Å². The molecule has 12 heteroatoms. The average molecular weight is 584 g/mol. The first kappa shape index (κ1) is 26.9. The van der Waals surface area contributed by atoms with Gasteiger partial charge < -0.3 is 0 Å². The molecule has 0 radical (unpaired) electrons. The van der Waals surface area contributed by atoms with Crippen molar-refractivity contribution in [3.8, 4) is 0 Å². The Bertz CT molecular complexity index is 811. The van der Waals surface area contributed by atoms with E-state index >= 15 is 0 Å². The van der Waals surface area contributed by atoms with Crippen molar-refractivity contribution in [2.24, 2.45) is 0 Å². The van der Waals surface area contributed by atoms with Gasteiger partial charge in [-0.25, -0.2) is 13.2 Å². The molecule has 0 fully saturated rings. The Labute approximate surface area is 188 Å². The van der Waals surface area contributed by atoms with Crippen LogP contribution in [-0.2, 0) is 20.8 Å². The number of halogens is 8. The van der Waals surface area contributed by atoms with Gasteiger partial charge in [0.1, 0.15) is 17.5 Å². The quantitative estimate of drug-likeness (QED) is 0.170. The first-order valence-corrected chi connectivity index (χ1v) is 12.1. The minimum absolute atomic E-state index is 0.240. The first-order chi connectivity index (χ1) is 14.2. The summed E-state index contributed by atoms with van der Waals surface area (Å²) in [6, 6.07) is 15.7. The van der Waals surface area contributed by atoms with Crippen molar-refractivity contribution in [3.05, 3.63) is 90.2 Å². The standard InChI is InChI=1S/C12H8F2S2.C6H4F4S.Ag.2FH/c13-9-1-5-11(6-2-9)15-16-12-7-3-10(14)4-8-12;7-5-1-3-6(4-2-5)11(8,9)10;;;/h1-8H;1-4H;;2*1H/q;;+2;;/p-2. The van der Waals surface area contributed by atoms with Gasteiger partial charge in [-0.1, -0.05) is 21.6 Å². The zero-order chi connectivity index (χ0) is 22.6. The molecule has 3 aromatic rings. The van der Waals surface area contributed by atoms with Gasteiger partial charge in [0.2, 0.25) is 11.2 Å². The van der Waals surface area contributed by atoms with Crippen molar-refractivity contribution in [1.82, 2.24) is 0 Å². The molecular weight excluding hydrogens is 572 g/mol. The monoisotopic (exact) mass is 583 g/mol. The van der Waals surface area contributed by atoms with Gasteiger partial charge in [-0.15, -0.1) is 11.7 Å². The van der Waals surface area contributed by atoms with Gasteiger partial charge in [-0.3, -0.25) is 0 Å². The van der Waals surface area contributed by atoms with Crippen molar-refractivity contribution in [2.45, 2.75) is 14.7 Å². The molecule has 169 valence electrons. The molecule has 0 aliphatic rings. The predicted molar refractivity (Wildman–Crippen MR) is 102 cm³/mol. The van der Waals surface area contributed by atoms with Crippen molar-refractivity contribution in [1.29, 1.82) is 0 Å². The molecular formula is C18H12AgF8S3. The Morgan fingerprint density at radius 2 is 0.800 bits per heavy atom. The second-order valence-corrected chi connectivity index (χ2v) is 8.75. The van der Waals surface area contributed by atoms with Crippen LogP contribution in [0.1, 0.15) is 0 Å². The molecule has 0 aromatic heterocycles. The molecule has 0 aliphatic heterocycles. The molecule has 0 unspecified atom stereocenters. The topological polar surface area (TPSA) is 0 Å². The van der Waals surface area contributed by atoms with E-state index in [-0.39, 0.29) is 11.6 Å². The van der Waals surface area contributed by atoms with Gasteiger partial charge in [0.15, 0.2) is 0 Å². The van der Waals surface area contributed by atoms with E-state index in [1.165, 1.54) is 45.9 Å². The average Bonchev–Trinajstić information content (AvgIpc) is 2.70. The summed E-state index contributed by atoms with van der Waals surface area (Å²) in [4.78, 5) is 1.19. The van der Waals surface area contributed by atoms with Crippen molar-refractivity contribution >= 4 is 32.8 Å². The Morgan fingerprint density at radius 1 is 0.533 bits per heavy atom. The molecule has 3 aromatic carbocycles. The first-order valence-electron chi connectivity index (χ1n) is 7.50. The van der Waals surface area contributed by atoms with Gasteiger partial charge in [-0.2, -0.15) is 0 Å². The molecule has 30 heavy (non-hydrogen) atoms. The minimum atomic E-state index is -5.19. The van der Waals surface area contributed by atoms with Crippen LogP contribution in [0.2, 0.25) is 0 Å². The predicted octanol–water partition coefficient (Wildman–Crippen LogP) is 9.24. The summed E-state index contributed by atoms with van der Waals surface area (Å²) in [7, 11) is 3.03. The fourth-order valence-corrected chi connectivity index (χ4v) is 4.04. The maximum absolute atomic E-state index is 12.6. The normalized spacial score (nSPS) is 11.1. The third-order valence-corrected chi connectivity index (χ3v) is 6.17. The molecule has 0 nitrogen and oxygen atoms in total. The number of hydrogen-bond donors (Lipinski definition) is 0. The number of benzene rings is 3. The maximum atomic E-state index is 12.6. The summed E-state index contributed by atoms with van der Waals surface area (Å²) in [5.41, 5.74) is 0. The summed E-state index contributed by atoms with van der Waals surface area (Å²) in [5.74, 6) is -1.13. The molecule has 0 saturated carbocycles.